The zero-order valence-electron chi connectivity index (χ0n) is 5.10. The van der Waals surface area contributed by atoms with Gasteiger partial charge in [0.2, 0.25) is 0 Å². The summed E-state index contributed by atoms with van der Waals surface area (Å²) >= 11 is 0. The van der Waals surface area contributed by atoms with E-state index in [1.807, 2.05) is 0 Å². The molecule has 0 aromatic rings. The molecule has 0 aliphatic heterocycles. The van der Waals surface area contributed by atoms with E-state index in [1.165, 1.54) is 0 Å². The SMILES string of the molecule is C#N.C#N.C#N.C#N.[K]. The Morgan fingerprint density at radius 1 is 0.444 bits per heavy atom. The van der Waals surface area contributed by atoms with Crippen molar-refractivity contribution in [1.82, 2.24) is 0 Å². The fourth-order valence-electron chi connectivity index (χ4n) is 0. The maximum absolute atomic E-state index is 6.50. The summed E-state index contributed by atoms with van der Waals surface area (Å²) in [5, 5.41) is 26.0. The van der Waals surface area contributed by atoms with Crippen LogP contribution in [0.25, 0.3) is 0 Å². The molecule has 0 aliphatic rings. The van der Waals surface area contributed by atoms with Gasteiger partial charge < -0.3 is 0 Å². The van der Waals surface area contributed by atoms with E-state index in [2.05, 4.69) is 26.3 Å². The molecule has 0 N–H and O–H groups in total. The van der Waals surface area contributed by atoms with Gasteiger partial charge >= 0.3 is 0 Å². The number of hydrogen-bond donors (Lipinski definition) is 0. The van der Waals surface area contributed by atoms with Crippen molar-refractivity contribution < 1.29 is 0 Å². The number of rotatable bonds is 0. The average molecular weight is 147 g/mol. The molecule has 0 heterocycles. The second-order valence-electron chi connectivity index (χ2n) is 0. The summed E-state index contributed by atoms with van der Waals surface area (Å²) in [6, 6.07) is 0. The third kappa shape index (κ3) is 1460. The van der Waals surface area contributed by atoms with Gasteiger partial charge in [-0.2, -0.15) is 0 Å². The molecule has 0 unspecified atom stereocenters. The molecule has 4 nitrogen and oxygen atoms in total. The molecule has 0 spiro atoms. The quantitative estimate of drug-likeness (QED) is 0.456. The molecule has 0 rings (SSSR count). The summed E-state index contributed by atoms with van der Waals surface area (Å²) in [5.74, 6) is 0. The van der Waals surface area contributed by atoms with Gasteiger partial charge in [-0.15, -0.1) is 0 Å². The van der Waals surface area contributed by atoms with Crippen molar-refractivity contribution in [2.75, 3.05) is 0 Å². The molecule has 0 saturated heterocycles. The molecule has 0 aromatic heterocycles. The first-order chi connectivity index (χ1) is 4.00. The van der Waals surface area contributed by atoms with Crippen LogP contribution in [0.2, 0.25) is 0 Å². The molecule has 0 atom stereocenters. The van der Waals surface area contributed by atoms with E-state index in [4.69, 9.17) is 21.0 Å². The summed E-state index contributed by atoms with van der Waals surface area (Å²) in [4.78, 5) is 0. The predicted molar refractivity (Wildman–Crippen MR) is 32.4 cm³/mol. The monoisotopic (exact) mass is 147 g/mol. The van der Waals surface area contributed by atoms with Crippen LogP contribution in [0.5, 0.6) is 0 Å². The van der Waals surface area contributed by atoms with Crippen molar-refractivity contribution in [2.24, 2.45) is 0 Å². The van der Waals surface area contributed by atoms with E-state index in [1.54, 1.807) is 0 Å². The number of nitrogens with zero attached hydrogens (tertiary/aromatic N) is 4. The molecule has 0 amide bonds. The van der Waals surface area contributed by atoms with Crippen LogP contribution in [0.15, 0.2) is 0 Å². The van der Waals surface area contributed by atoms with Gasteiger partial charge in [0.1, 0.15) is 0 Å². The van der Waals surface area contributed by atoms with Crippen LogP contribution in [-0.4, -0.2) is 51.4 Å². The third-order valence-corrected chi connectivity index (χ3v) is 0. The van der Waals surface area contributed by atoms with Gasteiger partial charge in [0.15, 0.2) is 0 Å². The predicted octanol–water partition coefficient (Wildman–Crippen LogP) is 0.178. The molecule has 0 bridgehead atoms. The second kappa shape index (κ2) is 2030. The first-order valence-electron chi connectivity index (χ1n) is 1.03. The van der Waals surface area contributed by atoms with Crippen molar-refractivity contribution >= 4 is 51.4 Å². The molecule has 0 saturated carbocycles. The zero-order valence-corrected chi connectivity index (χ0v) is 8.22. The van der Waals surface area contributed by atoms with Crippen molar-refractivity contribution in [2.45, 2.75) is 0 Å². The van der Waals surface area contributed by atoms with Gasteiger partial charge in [-0.1, -0.05) is 0 Å². The van der Waals surface area contributed by atoms with Gasteiger partial charge in [-0.25, -0.2) is 21.0 Å². The smallest absolute Gasteiger partial charge is 0.0462 e. The largest absolute Gasteiger partial charge is 0.202 e. The van der Waals surface area contributed by atoms with Gasteiger partial charge in [-0.05, 0) is 0 Å². The van der Waals surface area contributed by atoms with Gasteiger partial charge in [0.05, 0.1) is 0 Å². The Kier molecular flexibility index (Phi) is 8650. The summed E-state index contributed by atoms with van der Waals surface area (Å²) in [5.41, 5.74) is 0. The summed E-state index contributed by atoms with van der Waals surface area (Å²) in [6.07, 6.45) is 0. The van der Waals surface area contributed by atoms with Crippen LogP contribution in [0.1, 0.15) is 0 Å². The molecule has 9 heavy (non-hydrogen) atoms. The first-order valence-corrected chi connectivity index (χ1v) is 1.03. The van der Waals surface area contributed by atoms with Crippen LogP contribution in [0.3, 0.4) is 0 Å². The molecular weight excluding hydrogens is 143 g/mol. The molecule has 1 radical (unpaired) electrons. The molecular formula is C4H4KN4. The zero-order chi connectivity index (χ0) is 8.00. The minimum Gasteiger partial charge on any atom is -0.202 e. The Bertz CT molecular complexity index is 55.5. The fraction of sp³-hybridized carbons (Fsp3) is 0. The van der Waals surface area contributed by atoms with Gasteiger partial charge in [0, 0.05) is 77.7 Å². The van der Waals surface area contributed by atoms with Gasteiger partial charge in [0.25, 0.3) is 0 Å². The van der Waals surface area contributed by atoms with Crippen molar-refractivity contribution in [3.05, 3.63) is 0 Å². The average Bonchev–Trinajstić information content (AvgIpc) is 2.03. The Morgan fingerprint density at radius 3 is 0.444 bits per heavy atom. The van der Waals surface area contributed by atoms with Crippen LogP contribution in [0, 0.1) is 47.3 Å². The van der Waals surface area contributed by atoms with E-state index < -0.39 is 0 Å². The molecule has 41 valence electrons. The van der Waals surface area contributed by atoms with E-state index in [0.717, 1.165) is 0 Å². The topological polar surface area (TPSA) is 95.2 Å². The standard InChI is InChI=1S/4CHN.K/c4*1-2;/h4*1H;. The minimum absolute atomic E-state index is 0. The Labute approximate surface area is 97.3 Å². The van der Waals surface area contributed by atoms with Crippen molar-refractivity contribution in [3.63, 3.8) is 0 Å². The third-order valence-electron chi connectivity index (χ3n) is 0. The normalized spacial score (nSPS) is 0.889. The minimum atomic E-state index is 0. The Balaban J connectivity index is -0.00000000762. The fourth-order valence-corrected chi connectivity index (χ4v) is 0. The van der Waals surface area contributed by atoms with Crippen LogP contribution >= 0.6 is 0 Å². The van der Waals surface area contributed by atoms with E-state index >= 15 is 0 Å². The molecule has 0 fully saturated rings. The Hall–Kier alpha value is -0.404. The maximum atomic E-state index is 6.50. The summed E-state index contributed by atoms with van der Waals surface area (Å²) in [6.45, 7) is 14.0. The maximum Gasteiger partial charge on any atom is 0.0462 e. The summed E-state index contributed by atoms with van der Waals surface area (Å²) < 4.78 is 0. The van der Waals surface area contributed by atoms with E-state index in [9.17, 15) is 0 Å². The molecule has 0 aromatic carbocycles. The van der Waals surface area contributed by atoms with Crippen LogP contribution in [-0.2, 0) is 0 Å². The Morgan fingerprint density at radius 2 is 0.444 bits per heavy atom. The van der Waals surface area contributed by atoms with E-state index in [0.29, 0.717) is 0 Å². The number of nitriles is 4. The first kappa shape index (κ1) is 38.4. The summed E-state index contributed by atoms with van der Waals surface area (Å²) in [7, 11) is 0. The van der Waals surface area contributed by atoms with E-state index in [-0.39, 0.29) is 51.4 Å². The second-order valence-corrected chi connectivity index (χ2v) is 0. The molecule has 5 heteroatoms. The van der Waals surface area contributed by atoms with Crippen molar-refractivity contribution in [1.29, 1.82) is 21.0 Å². The van der Waals surface area contributed by atoms with Crippen LogP contribution in [0.4, 0.5) is 0 Å². The number of hydrogen-bond acceptors (Lipinski definition) is 4. The van der Waals surface area contributed by atoms with Crippen molar-refractivity contribution in [3.8, 4) is 26.3 Å². The van der Waals surface area contributed by atoms with Gasteiger partial charge in [-0.3, -0.25) is 0 Å². The molecule has 0 aliphatic carbocycles. The van der Waals surface area contributed by atoms with Crippen LogP contribution < -0.4 is 0 Å².